The molecule has 1 fully saturated rings. The van der Waals surface area contributed by atoms with Gasteiger partial charge >= 0.3 is 0 Å². The zero-order valence-electron chi connectivity index (χ0n) is 5.92. The normalized spacial score (nSPS) is 30.0. The van der Waals surface area contributed by atoms with Gasteiger partial charge in [-0.05, 0) is 12.8 Å². The molecule has 2 atom stereocenters. The van der Waals surface area contributed by atoms with Crippen LogP contribution in [-0.2, 0) is 4.74 Å². The Labute approximate surface area is 60.0 Å². The molecule has 1 rings (SSSR count). The monoisotopic (exact) mass is 148 g/mol. The molecule has 1 aliphatic rings. The summed E-state index contributed by atoms with van der Waals surface area (Å²) in [6, 6.07) is 0. The van der Waals surface area contributed by atoms with Crippen LogP contribution in [0.25, 0.3) is 0 Å². The molecule has 0 aromatic heterocycles. The second-order valence-corrected chi connectivity index (χ2v) is 2.68. The van der Waals surface area contributed by atoms with Crippen molar-refractivity contribution >= 4 is 0 Å². The first kappa shape index (κ1) is 7.95. The highest BCUT2D eigenvalue weighted by atomic mass is 19.1. The van der Waals surface area contributed by atoms with Crippen molar-refractivity contribution in [1.29, 1.82) is 0 Å². The third-order valence-corrected chi connectivity index (χ3v) is 1.88. The van der Waals surface area contributed by atoms with Crippen molar-refractivity contribution in [1.82, 2.24) is 0 Å². The lowest BCUT2D eigenvalue weighted by molar-refractivity contribution is 0.00408. The Morgan fingerprint density at radius 2 is 2.50 bits per heavy atom. The molecule has 10 heavy (non-hydrogen) atoms. The molecule has 0 spiro atoms. The molecule has 1 N–H and O–H groups in total. The van der Waals surface area contributed by atoms with E-state index >= 15 is 0 Å². The fourth-order valence-electron chi connectivity index (χ4n) is 1.20. The van der Waals surface area contributed by atoms with E-state index in [1.807, 2.05) is 0 Å². The van der Waals surface area contributed by atoms with Crippen LogP contribution in [0, 0.1) is 5.92 Å². The average Bonchev–Trinajstić information content (AvgIpc) is 2.05. The van der Waals surface area contributed by atoms with Crippen molar-refractivity contribution in [3.63, 3.8) is 0 Å². The number of aliphatic hydroxyl groups is 1. The molecule has 2 nitrogen and oxygen atoms in total. The van der Waals surface area contributed by atoms with Crippen LogP contribution in [0.1, 0.15) is 12.8 Å². The summed E-state index contributed by atoms with van der Waals surface area (Å²) in [6.45, 7) is 0.852. The fraction of sp³-hybridized carbons (Fsp3) is 1.00. The first-order valence-electron chi connectivity index (χ1n) is 3.67. The Bertz CT molecular complexity index is 91.6. The van der Waals surface area contributed by atoms with Crippen LogP contribution in [0.2, 0.25) is 0 Å². The summed E-state index contributed by atoms with van der Waals surface area (Å²) in [4.78, 5) is 0. The predicted molar refractivity (Wildman–Crippen MR) is 35.5 cm³/mol. The molecule has 0 aromatic carbocycles. The number of alkyl halides is 1. The SMILES string of the molecule is OCC(F)C1CCCOC1. The van der Waals surface area contributed by atoms with Gasteiger partial charge in [0.1, 0.15) is 6.17 Å². The smallest absolute Gasteiger partial charge is 0.128 e. The quantitative estimate of drug-likeness (QED) is 0.626. The van der Waals surface area contributed by atoms with Crippen LogP contribution < -0.4 is 0 Å². The maximum Gasteiger partial charge on any atom is 0.128 e. The lowest BCUT2D eigenvalue weighted by Gasteiger charge is -2.23. The second kappa shape index (κ2) is 3.88. The van der Waals surface area contributed by atoms with E-state index in [-0.39, 0.29) is 12.5 Å². The van der Waals surface area contributed by atoms with E-state index < -0.39 is 6.17 Å². The van der Waals surface area contributed by atoms with Crippen LogP contribution in [0.4, 0.5) is 4.39 Å². The highest BCUT2D eigenvalue weighted by molar-refractivity contribution is 4.70. The maximum absolute atomic E-state index is 12.7. The van der Waals surface area contributed by atoms with Crippen molar-refractivity contribution in [2.24, 2.45) is 5.92 Å². The molecule has 1 saturated heterocycles. The summed E-state index contributed by atoms with van der Waals surface area (Å²) in [5.41, 5.74) is 0. The van der Waals surface area contributed by atoms with Crippen LogP contribution in [0.5, 0.6) is 0 Å². The van der Waals surface area contributed by atoms with E-state index in [1.54, 1.807) is 0 Å². The minimum absolute atomic E-state index is 0.0706. The molecule has 0 aromatic rings. The van der Waals surface area contributed by atoms with Gasteiger partial charge in [0.15, 0.2) is 0 Å². The number of aliphatic hydroxyl groups excluding tert-OH is 1. The molecule has 0 amide bonds. The average molecular weight is 148 g/mol. The van der Waals surface area contributed by atoms with Gasteiger partial charge in [-0.25, -0.2) is 4.39 Å². The summed E-state index contributed by atoms with van der Waals surface area (Å²) < 4.78 is 17.7. The van der Waals surface area contributed by atoms with E-state index in [0.717, 1.165) is 19.4 Å². The number of rotatable bonds is 2. The number of halogens is 1. The van der Waals surface area contributed by atoms with Crippen molar-refractivity contribution in [2.75, 3.05) is 19.8 Å². The van der Waals surface area contributed by atoms with Gasteiger partial charge < -0.3 is 9.84 Å². The van der Waals surface area contributed by atoms with Gasteiger partial charge in [-0.2, -0.15) is 0 Å². The van der Waals surface area contributed by atoms with Crippen LogP contribution in [0.15, 0.2) is 0 Å². The van der Waals surface area contributed by atoms with Crippen molar-refractivity contribution in [2.45, 2.75) is 19.0 Å². The fourth-order valence-corrected chi connectivity index (χ4v) is 1.20. The molecular weight excluding hydrogens is 135 g/mol. The van der Waals surface area contributed by atoms with Gasteiger partial charge in [-0.1, -0.05) is 0 Å². The van der Waals surface area contributed by atoms with E-state index in [9.17, 15) is 4.39 Å². The Morgan fingerprint density at radius 1 is 1.70 bits per heavy atom. The van der Waals surface area contributed by atoms with E-state index in [2.05, 4.69) is 0 Å². The molecule has 0 radical (unpaired) electrons. The Balaban J connectivity index is 2.24. The van der Waals surface area contributed by atoms with Gasteiger partial charge in [0, 0.05) is 12.5 Å². The van der Waals surface area contributed by atoms with Gasteiger partial charge in [-0.3, -0.25) is 0 Å². The largest absolute Gasteiger partial charge is 0.393 e. The molecule has 1 heterocycles. The Morgan fingerprint density at radius 3 is 3.00 bits per heavy atom. The molecule has 3 heteroatoms. The lowest BCUT2D eigenvalue weighted by Crippen LogP contribution is -2.28. The second-order valence-electron chi connectivity index (χ2n) is 2.68. The summed E-state index contributed by atoms with van der Waals surface area (Å²) >= 11 is 0. The Hall–Kier alpha value is -0.150. The molecule has 0 saturated carbocycles. The van der Waals surface area contributed by atoms with Crippen molar-refractivity contribution in [3.05, 3.63) is 0 Å². The minimum atomic E-state index is -1.08. The van der Waals surface area contributed by atoms with Gasteiger partial charge in [0.05, 0.1) is 13.2 Å². The zero-order chi connectivity index (χ0) is 7.40. The maximum atomic E-state index is 12.7. The van der Waals surface area contributed by atoms with Crippen molar-refractivity contribution in [3.8, 4) is 0 Å². The Kier molecular flexibility index (Phi) is 3.09. The minimum Gasteiger partial charge on any atom is -0.393 e. The molecule has 2 unspecified atom stereocenters. The molecular formula is C7H13FO2. The molecule has 0 bridgehead atoms. The van der Waals surface area contributed by atoms with Gasteiger partial charge in [-0.15, -0.1) is 0 Å². The number of hydrogen-bond acceptors (Lipinski definition) is 2. The third-order valence-electron chi connectivity index (χ3n) is 1.88. The first-order chi connectivity index (χ1) is 4.84. The molecule has 0 aliphatic carbocycles. The van der Waals surface area contributed by atoms with E-state index in [0.29, 0.717) is 6.61 Å². The van der Waals surface area contributed by atoms with Gasteiger partial charge in [0.2, 0.25) is 0 Å². The van der Waals surface area contributed by atoms with E-state index in [1.165, 1.54) is 0 Å². The standard InChI is InChI=1S/C7H13FO2/c8-7(4-9)6-2-1-3-10-5-6/h6-7,9H,1-5H2. The summed E-state index contributed by atoms with van der Waals surface area (Å²) in [6.07, 6.45) is 0.688. The topological polar surface area (TPSA) is 29.5 Å². The molecule has 60 valence electrons. The van der Waals surface area contributed by atoms with Crippen LogP contribution >= 0.6 is 0 Å². The summed E-state index contributed by atoms with van der Waals surface area (Å²) in [5, 5.41) is 8.46. The highest BCUT2D eigenvalue weighted by Crippen LogP contribution is 2.18. The van der Waals surface area contributed by atoms with E-state index in [4.69, 9.17) is 9.84 Å². The summed E-state index contributed by atoms with van der Waals surface area (Å²) in [5.74, 6) is -0.0706. The number of hydrogen-bond donors (Lipinski definition) is 1. The number of ether oxygens (including phenoxy) is 1. The first-order valence-corrected chi connectivity index (χ1v) is 3.67. The van der Waals surface area contributed by atoms with Crippen molar-refractivity contribution < 1.29 is 14.2 Å². The lowest BCUT2D eigenvalue weighted by atomic mass is 9.98. The highest BCUT2D eigenvalue weighted by Gasteiger charge is 2.22. The van der Waals surface area contributed by atoms with Crippen LogP contribution in [0.3, 0.4) is 0 Å². The molecule has 1 aliphatic heterocycles. The predicted octanol–water partition coefficient (Wildman–Crippen LogP) is 0.743. The zero-order valence-corrected chi connectivity index (χ0v) is 5.92. The van der Waals surface area contributed by atoms with Crippen LogP contribution in [-0.4, -0.2) is 31.1 Å². The third kappa shape index (κ3) is 1.92. The van der Waals surface area contributed by atoms with Gasteiger partial charge in [0.25, 0.3) is 0 Å². The summed E-state index contributed by atoms with van der Waals surface area (Å²) in [7, 11) is 0.